The fourth-order valence-corrected chi connectivity index (χ4v) is 0.999. The van der Waals surface area contributed by atoms with Crippen molar-refractivity contribution in [2.24, 2.45) is 0 Å². The number of allylic oxidation sites excluding steroid dienone is 4. The van der Waals surface area contributed by atoms with Crippen LogP contribution in [0.3, 0.4) is 0 Å². The SMILES string of the molecule is FC1=CC(F)C(F)(CCl)C=C1. The molecule has 2 atom stereocenters. The van der Waals surface area contributed by atoms with Gasteiger partial charge in [-0.1, -0.05) is 0 Å². The van der Waals surface area contributed by atoms with E-state index >= 15 is 0 Å². The van der Waals surface area contributed by atoms with Crippen molar-refractivity contribution in [3.05, 3.63) is 24.1 Å². The van der Waals surface area contributed by atoms with Crippen LogP contribution in [0.2, 0.25) is 0 Å². The van der Waals surface area contributed by atoms with Gasteiger partial charge >= 0.3 is 0 Å². The Morgan fingerprint density at radius 1 is 1.64 bits per heavy atom. The van der Waals surface area contributed by atoms with Gasteiger partial charge in [0.1, 0.15) is 5.83 Å². The van der Waals surface area contributed by atoms with E-state index in [0.29, 0.717) is 6.08 Å². The molecule has 0 spiro atoms. The van der Waals surface area contributed by atoms with Crippen molar-refractivity contribution < 1.29 is 13.2 Å². The van der Waals surface area contributed by atoms with E-state index in [2.05, 4.69) is 0 Å². The highest BCUT2D eigenvalue weighted by Gasteiger charge is 2.37. The highest BCUT2D eigenvalue weighted by atomic mass is 35.5. The summed E-state index contributed by atoms with van der Waals surface area (Å²) in [6.07, 6.45) is 0.269. The van der Waals surface area contributed by atoms with Gasteiger partial charge < -0.3 is 0 Å². The molecule has 2 unspecified atom stereocenters. The second kappa shape index (κ2) is 2.89. The second-order valence-electron chi connectivity index (χ2n) is 2.35. The molecule has 0 saturated heterocycles. The summed E-state index contributed by atoms with van der Waals surface area (Å²) in [6.45, 7) is 0. The number of alkyl halides is 3. The molecule has 11 heavy (non-hydrogen) atoms. The van der Waals surface area contributed by atoms with Gasteiger partial charge in [0.05, 0.1) is 5.88 Å². The van der Waals surface area contributed by atoms with Gasteiger partial charge in [-0.3, -0.25) is 0 Å². The molecule has 0 aromatic carbocycles. The van der Waals surface area contributed by atoms with Gasteiger partial charge in [0.25, 0.3) is 0 Å². The summed E-state index contributed by atoms with van der Waals surface area (Å²) in [4.78, 5) is 0. The summed E-state index contributed by atoms with van der Waals surface area (Å²) in [5.74, 6) is -1.27. The molecule has 0 heterocycles. The van der Waals surface area contributed by atoms with E-state index in [-0.39, 0.29) is 0 Å². The highest BCUT2D eigenvalue weighted by molar-refractivity contribution is 6.18. The van der Waals surface area contributed by atoms with Gasteiger partial charge in [-0.25, -0.2) is 13.2 Å². The Bertz CT molecular complexity index is 212. The molecule has 0 fully saturated rings. The van der Waals surface area contributed by atoms with Gasteiger partial charge in [0, 0.05) is 0 Å². The van der Waals surface area contributed by atoms with Gasteiger partial charge in [-0.05, 0) is 18.2 Å². The Kier molecular flexibility index (Phi) is 2.28. The Balaban J connectivity index is 2.84. The van der Waals surface area contributed by atoms with E-state index < -0.39 is 23.5 Å². The Morgan fingerprint density at radius 3 is 2.73 bits per heavy atom. The average Bonchev–Trinajstić information content (AvgIpc) is 1.98. The zero-order chi connectivity index (χ0) is 8.48. The van der Waals surface area contributed by atoms with Crippen LogP contribution in [-0.2, 0) is 0 Å². The maximum Gasteiger partial charge on any atom is 0.177 e. The predicted molar refractivity (Wildman–Crippen MR) is 37.8 cm³/mol. The minimum Gasteiger partial charge on any atom is -0.239 e. The molecule has 0 N–H and O–H groups in total. The van der Waals surface area contributed by atoms with Gasteiger partial charge in [0.15, 0.2) is 11.8 Å². The van der Waals surface area contributed by atoms with E-state index in [1.165, 1.54) is 0 Å². The van der Waals surface area contributed by atoms with Crippen LogP contribution < -0.4 is 0 Å². The second-order valence-corrected chi connectivity index (χ2v) is 2.61. The molecule has 0 amide bonds. The lowest BCUT2D eigenvalue weighted by Gasteiger charge is -2.23. The first-order chi connectivity index (χ1) is 5.08. The molecule has 0 aromatic rings. The molecule has 1 aliphatic rings. The molecule has 4 heteroatoms. The first-order valence-electron chi connectivity index (χ1n) is 3.04. The molecule has 0 radical (unpaired) electrons. The van der Waals surface area contributed by atoms with E-state index in [9.17, 15) is 13.2 Å². The minimum atomic E-state index is -2.24. The molecular formula is C7H6ClF3. The van der Waals surface area contributed by atoms with E-state index in [1.54, 1.807) is 0 Å². The largest absolute Gasteiger partial charge is 0.239 e. The van der Waals surface area contributed by atoms with Crippen LogP contribution in [-0.4, -0.2) is 17.7 Å². The van der Waals surface area contributed by atoms with Crippen molar-refractivity contribution in [2.75, 3.05) is 5.88 Å². The molecule has 0 bridgehead atoms. The zero-order valence-corrected chi connectivity index (χ0v) is 6.28. The molecule has 0 nitrogen and oxygen atoms in total. The summed E-state index contributed by atoms with van der Waals surface area (Å²) in [5.41, 5.74) is -2.24. The molecule has 1 aliphatic carbocycles. The van der Waals surface area contributed by atoms with Crippen LogP contribution in [0.4, 0.5) is 13.2 Å². The lowest BCUT2D eigenvalue weighted by molar-refractivity contribution is 0.145. The van der Waals surface area contributed by atoms with Crippen LogP contribution in [0.1, 0.15) is 0 Å². The summed E-state index contributed by atoms with van der Waals surface area (Å²) < 4.78 is 38.0. The molecular weight excluding hydrogens is 177 g/mol. The van der Waals surface area contributed by atoms with Crippen LogP contribution in [0.5, 0.6) is 0 Å². The van der Waals surface area contributed by atoms with Crippen molar-refractivity contribution >= 4 is 11.6 Å². The van der Waals surface area contributed by atoms with Gasteiger partial charge in [-0.2, -0.15) is 0 Å². The van der Waals surface area contributed by atoms with E-state index in [1.807, 2.05) is 0 Å². The normalized spacial score (nSPS) is 37.1. The summed E-state index contributed by atoms with van der Waals surface area (Å²) >= 11 is 5.15. The lowest BCUT2D eigenvalue weighted by Crippen LogP contribution is -2.35. The topological polar surface area (TPSA) is 0 Å². The molecule has 1 rings (SSSR count). The molecule has 62 valence electrons. The molecule has 0 aromatic heterocycles. The number of hydrogen-bond acceptors (Lipinski definition) is 0. The fraction of sp³-hybridized carbons (Fsp3) is 0.429. The van der Waals surface area contributed by atoms with Crippen molar-refractivity contribution in [3.8, 4) is 0 Å². The smallest absolute Gasteiger partial charge is 0.177 e. The van der Waals surface area contributed by atoms with Crippen molar-refractivity contribution in [3.63, 3.8) is 0 Å². The number of rotatable bonds is 1. The highest BCUT2D eigenvalue weighted by Crippen LogP contribution is 2.29. The fourth-order valence-electron chi connectivity index (χ4n) is 0.762. The summed E-state index contributed by atoms with van der Waals surface area (Å²) in [6, 6.07) is 0. The zero-order valence-electron chi connectivity index (χ0n) is 5.53. The third-order valence-electron chi connectivity index (χ3n) is 1.49. The van der Waals surface area contributed by atoms with E-state index in [0.717, 1.165) is 12.2 Å². The third-order valence-corrected chi connectivity index (χ3v) is 1.90. The Morgan fingerprint density at radius 2 is 2.27 bits per heavy atom. The van der Waals surface area contributed by atoms with Crippen LogP contribution in [0.25, 0.3) is 0 Å². The maximum atomic E-state index is 13.1. The third kappa shape index (κ3) is 1.59. The number of halogens is 4. The predicted octanol–water partition coefficient (Wildman–Crippen LogP) is 2.69. The van der Waals surface area contributed by atoms with Gasteiger partial charge in [0.2, 0.25) is 0 Å². The monoisotopic (exact) mass is 182 g/mol. The Labute approximate surface area is 67.3 Å². The average molecular weight is 183 g/mol. The van der Waals surface area contributed by atoms with Gasteiger partial charge in [-0.15, -0.1) is 11.6 Å². The van der Waals surface area contributed by atoms with E-state index in [4.69, 9.17) is 11.6 Å². The molecule has 0 saturated carbocycles. The molecule has 0 aliphatic heterocycles. The number of hydrogen-bond donors (Lipinski definition) is 0. The van der Waals surface area contributed by atoms with Crippen molar-refractivity contribution in [2.45, 2.75) is 11.8 Å². The first kappa shape index (κ1) is 8.65. The minimum absolute atomic E-state index is 0.506. The Hall–Kier alpha value is -0.440. The lowest BCUT2D eigenvalue weighted by atomic mass is 9.97. The maximum absolute atomic E-state index is 13.1. The van der Waals surface area contributed by atoms with Crippen LogP contribution in [0.15, 0.2) is 24.1 Å². The van der Waals surface area contributed by atoms with Crippen LogP contribution in [0, 0.1) is 0 Å². The van der Waals surface area contributed by atoms with Crippen molar-refractivity contribution in [1.82, 2.24) is 0 Å². The summed E-state index contributed by atoms with van der Waals surface area (Å²) in [5, 5.41) is 0. The van der Waals surface area contributed by atoms with Crippen molar-refractivity contribution in [1.29, 1.82) is 0 Å². The first-order valence-corrected chi connectivity index (χ1v) is 3.57. The summed E-state index contributed by atoms with van der Waals surface area (Å²) in [7, 11) is 0. The quantitative estimate of drug-likeness (QED) is 0.547. The standard InChI is InChI=1S/C7H6ClF3/c8-4-7(11)2-1-5(9)3-6(7)10/h1-3,6H,4H2. The van der Waals surface area contributed by atoms with Crippen LogP contribution >= 0.6 is 11.6 Å².